The molecule has 0 radical (unpaired) electrons. The third-order valence-corrected chi connectivity index (χ3v) is 3.54. The monoisotopic (exact) mass is 298 g/mol. The molecule has 0 saturated heterocycles. The van der Waals surface area contributed by atoms with Crippen molar-refractivity contribution in [2.45, 2.75) is 18.4 Å². The van der Waals surface area contributed by atoms with Gasteiger partial charge in [-0.1, -0.05) is 16.3 Å². The van der Waals surface area contributed by atoms with Crippen LogP contribution in [-0.4, -0.2) is 16.9 Å². The summed E-state index contributed by atoms with van der Waals surface area (Å²) >= 11 is 7.22. The average Bonchev–Trinajstić information content (AvgIpc) is 2.86. The van der Waals surface area contributed by atoms with Crippen LogP contribution in [0.1, 0.15) is 6.92 Å². The first-order valence-electron chi connectivity index (χ1n) is 5.72. The van der Waals surface area contributed by atoms with Gasteiger partial charge in [-0.2, -0.15) is 0 Å². The van der Waals surface area contributed by atoms with Crippen molar-refractivity contribution < 1.29 is 14.0 Å². The lowest BCUT2D eigenvalue weighted by molar-refractivity contribution is -0.759. The number of carbonyl (C=O) groups is 1. The fraction of sp³-hybridized carbons (Fsp3) is 0.250. The number of anilines is 1. The predicted octanol–water partition coefficient (Wildman–Crippen LogP) is 2.37. The highest BCUT2D eigenvalue weighted by Crippen LogP contribution is 2.20. The number of nitrogens with one attached hydrogen (secondary N) is 1. The van der Waals surface area contributed by atoms with Crippen molar-refractivity contribution in [2.24, 2.45) is 0 Å². The van der Waals surface area contributed by atoms with Crippen molar-refractivity contribution in [3.8, 4) is 0 Å². The number of thioether (sulfide) groups is 1. The zero-order valence-corrected chi connectivity index (χ0v) is 11.9. The molecule has 1 amide bonds. The largest absolute Gasteiger partial charge is 0.302 e. The molecule has 0 aliphatic carbocycles. The lowest BCUT2D eigenvalue weighted by Crippen LogP contribution is -2.32. The van der Waals surface area contributed by atoms with Gasteiger partial charge in [0.05, 0.1) is 5.75 Å². The van der Waals surface area contributed by atoms with Gasteiger partial charge in [-0.3, -0.25) is 14.6 Å². The van der Waals surface area contributed by atoms with Gasteiger partial charge in [-0.15, -0.1) is 11.8 Å². The molecule has 0 bridgehead atoms. The normalized spacial score (nSPS) is 10.4. The Bertz CT molecular complexity index is 556. The van der Waals surface area contributed by atoms with Crippen LogP contribution in [0.2, 0.25) is 5.02 Å². The van der Waals surface area contributed by atoms with E-state index in [1.54, 1.807) is 23.0 Å². The third kappa shape index (κ3) is 4.25. The summed E-state index contributed by atoms with van der Waals surface area (Å²) in [5, 5.41) is 7.04. The fourth-order valence-corrected chi connectivity index (χ4v) is 2.16. The molecule has 0 aliphatic heterocycles. The topological polar surface area (TPSA) is 59.0 Å². The van der Waals surface area contributed by atoms with Crippen LogP contribution in [0.4, 0.5) is 5.88 Å². The van der Waals surface area contributed by atoms with Crippen molar-refractivity contribution in [2.75, 3.05) is 11.1 Å². The van der Waals surface area contributed by atoms with Gasteiger partial charge in [-0.25, -0.2) is 0 Å². The Hall–Kier alpha value is -1.53. The first-order chi connectivity index (χ1) is 9.17. The number of rotatable bonds is 5. The SMILES string of the molecule is CC[n+]1cc(NC(=O)CSc2ccc(Cl)cc2)on1. The molecule has 1 N–H and O–H groups in total. The van der Waals surface area contributed by atoms with Crippen LogP contribution in [-0.2, 0) is 11.3 Å². The minimum absolute atomic E-state index is 0.139. The van der Waals surface area contributed by atoms with Crippen molar-refractivity contribution >= 4 is 35.2 Å². The van der Waals surface area contributed by atoms with E-state index < -0.39 is 0 Å². The summed E-state index contributed by atoms with van der Waals surface area (Å²) in [4.78, 5) is 12.7. The van der Waals surface area contributed by atoms with Crippen molar-refractivity contribution in [1.82, 2.24) is 5.27 Å². The van der Waals surface area contributed by atoms with Gasteiger partial charge >= 0.3 is 5.88 Å². The maximum absolute atomic E-state index is 11.7. The number of nitrogens with zero attached hydrogens (tertiary/aromatic N) is 2. The van der Waals surface area contributed by atoms with E-state index in [9.17, 15) is 4.79 Å². The lowest BCUT2D eigenvalue weighted by atomic mass is 10.4. The molecule has 0 aliphatic rings. The molecule has 0 fully saturated rings. The van der Waals surface area contributed by atoms with Crippen LogP contribution < -0.4 is 10.00 Å². The van der Waals surface area contributed by atoms with Gasteiger partial charge in [0, 0.05) is 9.92 Å². The molecule has 100 valence electrons. The van der Waals surface area contributed by atoms with Gasteiger partial charge in [0.2, 0.25) is 11.2 Å². The van der Waals surface area contributed by atoms with Crippen LogP contribution in [0.5, 0.6) is 0 Å². The second-order valence-electron chi connectivity index (χ2n) is 3.71. The number of hydrogen-bond donors (Lipinski definition) is 1. The Morgan fingerprint density at radius 3 is 2.84 bits per heavy atom. The van der Waals surface area contributed by atoms with E-state index in [0.29, 0.717) is 23.2 Å². The molecular formula is C12H13ClN3O2S+. The summed E-state index contributed by atoms with van der Waals surface area (Å²) < 4.78 is 6.55. The highest BCUT2D eigenvalue weighted by molar-refractivity contribution is 8.00. The van der Waals surface area contributed by atoms with Gasteiger partial charge in [-0.05, 0) is 31.2 Å². The van der Waals surface area contributed by atoms with Crippen molar-refractivity contribution in [3.05, 3.63) is 35.5 Å². The summed E-state index contributed by atoms with van der Waals surface area (Å²) in [6, 6.07) is 7.34. The van der Waals surface area contributed by atoms with E-state index in [1.165, 1.54) is 11.8 Å². The summed E-state index contributed by atoms with van der Waals surface area (Å²) in [5.41, 5.74) is 0. The second kappa shape index (κ2) is 6.58. The molecule has 1 heterocycles. The number of carbonyl (C=O) groups excluding carboxylic acids is 1. The second-order valence-corrected chi connectivity index (χ2v) is 5.20. The maximum atomic E-state index is 11.7. The fourth-order valence-electron chi connectivity index (χ4n) is 1.34. The van der Waals surface area contributed by atoms with Crippen molar-refractivity contribution in [3.63, 3.8) is 0 Å². The quantitative estimate of drug-likeness (QED) is 0.680. The smallest absolute Gasteiger partial charge is 0.288 e. The first kappa shape index (κ1) is 13.9. The third-order valence-electron chi connectivity index (χ3n) is 2.28. The van der Waals surface area contributed by atoms with Crippen LogP contribution >= 0.6 is 23.4 Å². The van der Waals surface area contributed by atoms with E-state index >= 15 is 0 Å². The molecule has 19 heavy (non-hydrogen) atoms. The standard InChI is InChI=1S/C12H12ClN3O2S/c1-2-16-7-12(18-15-16)14-11(17)8-19-10-5-3-9(13)4-6-10/h3-7H,2,8H2,1H3/p+1. The lowest BCUT2D eigenvalue weighted by Gasteiger charge is -2.00. The molecule has 0 atom stereocenters. The molecule has 0 spiro atoms. The number of hydrogen-bond acceptors (Lipinski definition) is 4. The molecule has 0 unspecified atom stereocenters. The summed E-state index contributed by atoms with van der Waals surface area (Å²) in [6.45, 7) is 2.63. The van der Waals surface area contributed by atoms with E-state index in [-0.39, 0.29) is 5.91 Å². The molecule has 1 aromatic carbocycles. The Balaban J connectivity index is 1.82. The summed E-state index contributed by atoms with van der Waals surface area (Å²) in [7, 11) is 0. The number of benzene rings is 1. The highest BCUT2D eigenvalue weighted by Gasteiger charge is 2.12. The summed E-state index contributed by atoms with van der Waals surface area (Å²) in [5.74, 6) is 0.511. The first-order valence-corrected chi connectivity index (χ1v) is 7.08. The van der Waals surface area contributed by atoms with Gasteiger partial charge in [0.25, 0.3) is 6.20 Å². The zero-order chi connectivity index (χ0) is 13.7. The van der Waals surface area contributed by atoms with Crippen molar-refractivity contribution in [1.29, 1.82) is 0 Å². The average molecular weight is 299 g/mol. The van der Waals surface area contributed by atoms with Gasteiger partial charge in [0.1, 0.15) is 0 Å². The molecule has 2 aromatic rings. The van der Waals surface area contributed by atoms with Crippen LogP contribution in [0.3, 0.4) is 0 Å². The van der Waals surface area contributed by atoms with Crippen LogP contribution in [0.15, 0.2) is 39.9 Å². The van der Waals surface area contributed by atoms with Gasteiger partial charge < -0.3 is 0 Å². The Morgan fingerprint density at radius 2 is 2.21 bits per heavy atom. The molecule has 2 rings (SSSR count). The van der Waals surface area contributed by atoms with E-state index in [0.717, 1.165) is 4.90 Å². The van der Waals surface area contributed by atoms with E-state index in [4.69, 9.17) is 16.1 Å². The Morgan fingerprint density at radius 1 is 1.47 bits per heavy atom. The maximum Gasteiger partial charge on any atom is 0.302 e. The molecule has 7 heteroatoms. The molecule has 0 saturated carbocycles. The minimum Gasteiger partial charge on any atom is -0.288 e. The van der Waals surface area contributed by atoms with Gasteiger partial charge in [0.15, 0.2) is 6.54 Å². The van der Waals surface area contributed by atoms with E-state index in [2.05, 4.69) is 10.6 Å². The number of aromatic nitrogens is 2. The zero-order valence-electron chi connectivity index (χ0n) is 10.3. The molecule has 1 aromatic heterocycles. The van der Waals surface area contributed by atoms with E-state index in [1.807, 2.05) is 19.1 Å². The van der Waals surface area contributed by atoms with Crippen LogP contribution in [0, 0.1) is 0 Å². The predicted molar refractivity (Wildman–Crippen MR) is 73.2 cm³/mol. The summed E-state index contributed by atoms with van der Waals surface area (Å²) in [6.07, 6.45) is 1.64. The molecule has 5 nitrogen and oxygen atoms in total. The highest BCUT2D eigenvalue weighted by atomic mass is 35.5. The number of aryl methyl sites for hydroxylation is 1. The molecular weight excluding hydrogens is 286 g/mol. The minimum atomic E-state index is -0.139. The Labute approximate surface area is 119 Å². The number of halogens is 1. The number of amides is 1. The van der Waals surface area contributed by atoms with Crippen LogP contribution in [0.25, 0.3) is 0 Å². The Kier molecular flexibility index (Phi) is 4.81.